The number of para-hydroxylation sites is 1. The zero-order valence-electron chi connectivity index (χ0n) is 10.7. The third kappa shape index (κ3) is 2.37. The lowest BCUT2D eigenvalue weighted by atomic mass is 10.1. The summed E-state index contributed by atoms with van der Waals surface area (Å²) in [4.78, 5) is 11.7. The van der Waals surface area contributed by atoms with E-state index in [9.17, 15) is 13.2 Å². The van der Waals surface area contributed by atoms with E-state index in [0.717, 1.165) is 21.2 Å². The molecule has 3 rings (SSSR count). The van der Waals surface area contributed by atoms with Crippen LogP contribution in [0.15, 0.2) is 44.4 Å². The molecule has 1 aromatic heterocycles. The van der Waals surface area contributed by atoms with Crippen LogP contribution in [0.4, 0.5) is 5.69 Å². The van der Waals surface area contributed by atoms with Gasteiger partial charge in [0.15, 0.2) is 0 Å². The Morgan fingerprint density at radius 3 is 2.62 bits per heavy atom. The second kappa shape index (κ2) is 5.11. The number of carbonyl (C=O) groups excluding carboxylic acids is 1. The summed E-state index contributed by atoms with van der Waals surface area (Å²) in [5.74, 6) is -0.648. The summed E-state index contributed by atoms with van der Waals surface area (Å²) in [6, 6.07) is 9.36. The van der Waals surface area contributed by atoms with Crippen molar-refractivity contribution in [2.45, 2.75) is 16.7 Å². The second-order valence-corrected chi connectivity index (χ2v) is 9.12. The van der Waals surface area contributed by atoms with E-state index >= 15 is 0 Å². The van der Waals surface area contributed by atoms with Crippen molar-refractivity contribution in [3.63, 3.8) is 0 Å². The monoisotopic (exact) mass is 386 g/mol. The van der Waals surface area contributed by atoms with Crippen molar-refractivity contribution in [1.29, 1.82) is 0 Å². The minimum absolute atomic E-state index is 0.178. The van der Waals surface area contributed by atoms with Crippen LogP contribution in [0.2, 0.25) is 0 Å². The van der Waals surface area contributed by atoms with E-state index in [1.807, 2.05) is 12.1 Å². The summed E-state index contributed by atoms with van der Waals surface area (Å²) in [7, 11) is -3.80. The number of thiophene rings is 1. The van der Waals surface area contributed by atoms with Crippen molar-refractivity contribution in [2.75, 3.05) is 4.31 Å². The van der Waals surface area contributed by atoms with Gasteiger partial charge in [0.2, 0.25) is 5.91 Å². The fourth-order valence-electron chi connectivity index (χ4n) is 2.40. The van der Waals surface area contributed by atoms with E-state index < -0.39 is 22.0 Å². The van der Waals surface area contributed by atoms with Crippen LogP contribution >= 0.6 is 27.3 Å². The topological polar surface area (TPSA) is 80.5 Å². The van der Waals surface area contributed by atoms with Crippen molar-refractivity contribution in [3.8, 4) is 0 Å². The molecule has 8 heteroatoms. The van der Waals surface area contributed by atoms with Gasteiger partial charge in [-0.1, -0.05) is 18.2 Å². The Kier molecular flexibility index (Phi) is 3.54. The highest BCUT2D eigenvalue weighted by molar-refractivity contribution is 9.11. The molecule has 0 aliphatic carbocycles. The highest BCUT2D eigenvalue weighted by atomic mass is 79.9. The van der Waals surface area contributed by atoms with E-state index in [4.69, 9.17) is 5.73 Å². The zero-order chi connectivity index (χ0) is 15.2. The van der Waals surface area contributed by atoms with Crippen LogP contribution in [0.25, 0.3) is 0 Å². The molecule has 110 valence electrons. The number of nitrogens with zero attached hydrogens (tertiary/aromatic N) is 1. The molecule has 1 aliphatic rings. The summed E-state index contributed by atoms with van der Waals surface area (Å²) in [5.41, 5.74) is 6.72. The first kappa shape index (κ1) is 14.6. The molecule has 1 amide bonds. The average Bonchev–Trinajstić information content (AvgIpc) is 3.02. The molecule has 21 heavy (non-hydrogen) atoms. The van der Waals surface area contributed by atoms with Crippen LogP contribution in [0.1, 0.15) is 5.56 Å². The SMILES string of the molecule is NC(=O)[C@@H]1Cc2ccccc2N1S(=O)(=O)c1ccc(Br)s1. The first-order valence-corrected chi connectivity index (χ1v) is 9.13. The molecule has 0 bridgehead atoms. The van der Waals surface area contributed by atoms with Gasteiger partial charge in [0, 0.05) is 6.42 Å². The van der Waals surface area contributed by atoms with Gasteiger partial charge in [-0.2, -0.15) is 0 Å². The number of sulfonamides is 1. The predicted molar refractivity (Wildman–Crippen MR) is 84.8 cm³/mol. The number of anilines is 1. The molecule has 2 aromatic rings. The Labute approximate surface area is 134 Å². The first-order chi connectivity index (χ1) is 9.91. The molecule has 1 aromatic carbocycles. The van der Waals surface area contributed by atoms with Crippen molar-refractivity contribution in [1.82, 2.24) is 0 Å². The molecule has 1 aliphatic heterocycles. The number of nitrogens with two attached hydrogens (primary N) is 1. The fraction of sp³-hybridized carbons (Fsp3) is 0.154. The molecular weight excluding hydrogens is 376 g/mol. The summed E-state index contributed by atoms with van der Waals surface area (Å²) in [6.07, 6.45) is 0.303. The first-order valence-electron chi connectivity index (χ1n) is 6.08. The number of primary amides is 1. The van der Waals surface area contributed by atoms with E-state index in [1.165, 1.54) is 6.07 Å². The van der Waals surface area contributed by atoms with Crippen molar-refractivity contribution in [3.05, 3.63) is 45.7 Å². The van der Waals surface area contributed by atoms with E-state index in [1.54, 1.807) is 18.2 Å². The number of hydrogen-bond donors (Lipinski definition) is 1. The summed E-state index contributed by atoms with van der Waals surface area (Å²) < 4.78 is 27.7. The van der Waals surface area contributed by atoms with Crippen LogP contribution in [0.5, 0.6) is 0 Å². The maximum Gasteiger partial charge on any atom is 0.274 e. The molecule has 0 unspecified atom stereocenters. The smallest absolute Gasteiger partial charge is 0.274 e. The normalized spacial score (nSPS) is 17.8. The molecule has 0 spiro atoms. The maximum atomic E-state index is 12.8. The molecular formula is C13H11BrN2O3S2. The lowest BCUT2D eigenvalue weighted by Gasteiger charge is -2.24. The van der Waals surface area contributed by atoms with Crippen molar-refractivity contribution < 1.29 is 13.2 Å². The fourth-order valence-corrected chi connectivity index (χ4v) is 6.16. The highest BCUT2D eigenvalue weighted by Gasteiger charge is 2.41. The molecule has 0 saturated heterocycles. The lowest BCUT2D eigenvalue weighted by molar-refractivity contribution is -0.118. The largest absolute Gasteiger partial charge is 0.368 e. The van der Waals surface area contributed by atoms with Gasteiger partial charge >= 0.3 is 0 Å². The Morgan fingerprint density at radius 1 is 1.29 bits per heavy atom. The number of rotatable bonds is 3. The van der Waals surface area contributed by atoms with Gasteiger partial charge in [-0.25, -0.2) is 8.42 Å². The van der Waals surface area contributed by atoms with Crippen LogP contribution in [0, 0.1) is 0 Å². The molecule has 1 atom stereocenters. The summed E-state index contributed by atoms with van der Waals surface area (Å²) in [6.45, 7) is 0. The van der Waals surface area contributed by atoms with E-state index in [2.05, 4.69) is 15.9 Å². The number of hydrogen-bond acceptors (Lipinski definition) is 4. The third-order valence-electron chi connectivity index (χ3n) is 3.32. The molecule has 2 heterocycles. The van der Waals surface area contributed by atoms with Gasteiger partial charge in [0.25, 0.3) is 10.0 Å². The third-order valence-corrected chi connectivity index (χ3v) is 7.23. The van der Waals surface area contributed by atoms with Crippen molar-refractivity contribution >= 4 is 48.9 Å². The quantitative estimate of drug-likeness (QED) is 0.876. The van der Waals surface area contributed by atoms with Gasteiger partial charge < -0.3 is 5.73 Å². The lowest BCUT2D eigenvalue weighted by Crippen LogP contribution is -2.45. The van der Waals surface area contributed by atoms with E-state index in [0.29, 0.717) is 15.9 Å². The summed E-state index contributed by atoms with van der Waals surface area (Å²) >= 11 is 4.36. The maximum absolute atomic E-state index is 12.8. The second-order valence-electron chi connectivity index (χ2n) is 4.61. The van der Waals surface area contributed by atoms with Gasteiger partial charge in [-0.05, 0) is 39.7 Å². The summed E-state index contributed by atoms with van der Waals surface area (Å²) in [5, 5.41) is 0. The van der Waals surface area contributed by atoms with E-state index in [-0.39, 0.29) is 4.21 Å². The number of halogens is 1. The predicted octanol–water partition coefficient (Wildman–Crippen LogP) is 2.12. The minimum Gasteiger partial charge on any atom is -0.368 e. The highest BCUT2D eigenvalue weighted by Crippen LogP contribution is 2.38. The van der Waals surface area contributed by atoms with Gasteiger partial charge in [-0.3, -0.25) is 9.10 Å². The Morgan fingerprint density at radius 2 is 2.00 bits per heavy atom. The van der Waals surface area contributed by atoms with Gasteiger partial charge in [0.1, 0.15) is 10.3 Å². The number of carbonyl (C=O) groups is 1. The molecule has 5 nitrogen and oxygen atoms in total. The molecule has 0 saturated carbocycles. The van der Waals surface area contributed by atoms with Crippen LogP contribution in [-0.2, 0) is 21.2 Å². The Bertz CT molecular complexity index is 816. The van der Waals surface area contributed by atoms with Gasteiger partial charge in [-0.15, -0.1) is 11.3 Å². The van der Waals surface area contributed by atoms with Crippen molar-refractivity contribution in [2.24, 2.45) is 5.73 Å². The van der Waals surface area contributed by atoms with Gasteiger partial charge in [0.05, 0.1) is 9.47 Å². The van der Waals surface area contributed by atoms with Crippen LogP contribution in [0.3, 0.4) is 0 Å². The molecule has 0 fully saturated rings. The number of amides is 1. The molecule has 2 N–H and O–H groups in total. The van der Waals surface area contributed by atoms with Crippen LogP contribution in [-0.4, -0.2) is 20.4 Å². The van der Waals surface area contributed by atoms with Crippen LogP contribution < -0.4 is 10.0 Å². The molecule has 0 radical (unpaired) electrons. The Hall–Kier alpha value is -1.38. The number of fused-ring (bicyclic) bond motifs is 1. The minimum atomic E-state index is -3.80. The Balaban J connectivity index is 2.16. The standard InChI is InChI=1S/C13H11BrN2O3S2/c14-11-5-6-12(20-11)21(18,19)16-9-4-2-1-3-8(9)7-10(16)13(15)17/h1-6,10H,7H2,(H2,15,17)/t10-/m0/s1. The average molecular weight is 387 g/mol. The number of benzene rings is 1. The zero-order valence-corrected chi connectivity index (χ0v) is 13.9.